The third kappa shape index (κ3) is 4.00. The molecule has 4 nitrogen and oxygen atoms in total. The van der Waals surface area contributed by atoms with Gasteiger partial charge in [0.25, 0.3) is 5.91 Å². The second-order valence-electron chi connectivity index (χ2n) is 5.84. The highest BCUT2D eigenvalue weighted by molar-refractivity contribution is 7.84. The lowest BCUT2D eigenvalue weighted by Crippen LogP contribution is -2.16. The van der Waals surface area contributed by atoms with E-state index in [4.69, 9.17) is 0 Å². The fourth-order valence-corrected chi connectivity index (χ4v) is 3.17. The number of benzene rings is 3. The number of hydrogen-bond acceptors (Lipinski definition) is 3. The largest absolute Gasteiger partial charge is 0.343 e. The van der Waals surface area contributed by atoms with Crippen molar-refractivity contribution in [1.82, 2.24) is 0 Å². The number of nitrogens with one attached hydrogen (secondary N) is 1. The molecule has 0 aliphatic carbocycles. The molecule has 0 fully saturated rings. The summed E-state index contributed by atoms with van der Waals surface area (Å²) in [6, 6.07) is 24.4. The zero-order valence-electron chi connectivity index (χ0n) is 14.7. The maximum Gasteiger partial charge on any atom is 0.255 e. The average Bonchev–Trinajstić information content (AvgIpc) is 2.68. The molecule has 5 heteroatoms. The molecule has 0 bridgehead atoms. The van der Waals surface area contributed by atoms with Crippen LogP contribution in [0.4, 0.5) is 17.1 Å². The van der Waals surface area contributed by atoms with Gasteiger partial charge in [-0.1, -0.05) is 30.3 Å². The lowest BCUT2D eigenvalue weighted by molar-refractivity contribution is 0.102. The van der Waals surface area contributed by atoms with Gasteiger partial charge in [0, 0.05) is 40.2 Å². The maximum absolute atomic E-state index is 12.6. The molecular weight excluding hydrogens is 344 g/mol. The van der Waals surface area contributed by atoms with E-state index in [1.54, 1.807) is 30.5 Å². The number of rotatable bonds is 5. The first kappa shape index (κ1) is 17.9. The van der Waals surface area contributed by atoms with Crippen molar-refractivity contribution >= 4 is 33.8 Å². The predicted octanol–water partition coefficient (Wildman–Crippen LogP) is 4.44. The minimum absolute atomic E-state index is 0.202. The fourth-order valence-electron chi connectivity index (χ4n) is 2.65. The van der Waals surface area contributed by atoms with E-state index in [0.29, 0.717) is 10.5 Å². The minimum atomic E-state index is -1.06. The van der Waals surface area contributed by atoms with Gasteiger partial charge in [0.15, 0.2) is 0 Å². The lowest BCUT2D eigenvalue weighted by atomic mass is 10.2. The number of amides is 1. The second-order valence-corrected chi connectivity index (χ2v) is 7.22. The van der Waals surface area contributed by atoms with Gasteiger partial charge in [0.1, 0.15) is 0 Å². The molecule has 0 spiro atoms. The molecule has 0 radical (unpaired) electrons. The Kier molecular flexibility index (Phi) is 5.49. The summed E-state index contributed by atoms with van der Waals surface area (Å²) in [5.41, 5.74) is 3.19. The van der Waals surface area contributed by atoms with Crippen LogP contribution in [0, 0.1) is 0 Å². The van der Waals surface area contributed by atoms with Crippen LogP contribution in [0.1, 0.15) is 10.4 Å². The summed E-state index contributed by atoms with van der Waals surface area (Å²) in [5.74, 6) is -0.202. The summed E-state index contributed by atoms with van der Waals surface area (Å²) >= 11 is 0. The first-order chi connectivity index (χ1) is 12.6. The average molecular weight is 364 g/mol. The van der Waals surface area contributed by atoms with Crippen LogP contribution in [0.3, 0.4) is 0 Å². The van der Waals surface area contributed by atoms with Crippen molar-refractivity contribution in [3.05, 3.63) is 84.4 Å². The van der Waals surface area contributed by atoms with Crippen LogP contribution in [0.15, 0.2) is 83.8 Å². The Balaban J connectivity index is 1.84. The standard InChI is InChI=1S/C21H20N2O2S/c1-23(17-8-4-3-5-9-17)20-11-7-6-10-19(20)22-21(24)16-12-14-18(15-13-16)26(2)25/h3-15H,1-2H3,(H,22,24). The summed E-state index contributed by atoms with van der Waals surface area (Å²) in [6.07, 6.45) is 1.62. The molecule has 3 aromatic rings. The molecule has 0 saturated heterocycles. The van der Waals surface area contributed by atoms with E-state index in [1.165, 1.54) is 0 Å². The van der Waals surface area contributed by atoms with Crippen molar-refractivity contribution in [2.75, 3.05) is 23.5 Å². The van der Waals surface area contributed by atoms with E-state index in [0.717, 1.165) is 17.1 Å². The Morgan fingerprint density at radius 3 is 2.15 bits per heavy atom. The van der Waals surface area contributed by atoms with Gasteiger partial charge in [-0.2, -0.15) is 0 Å². The van der Waals surface area contributed by atoms with Crippen molar-refractivity contribution in [2.24, 2.45) is 0 Å². The summed E-state index contributed by atoms with van der Waals surface area (Å²) in [6.45, 7) is 0. The normalized spacial score (nSPS) is 11.6. The molecule has 0 aliphatic rings. The molecule has 0 aromatic heterocycles. The van der Waals surface area contributed by atoms with Crippen LogP contribution in [0.2, 0.25) is 0 Å². The number of para-hydroxylation sites is 3. The van der Waals surface area contributed by atoms with E-state index in [9.17, 15) is 9.00 Å². The van der Waals surface area contributed by atoms with E-state index in [2.05, 4.69) is 5.32 Å². The Bertz CT molecular complexity index is 924. The first-order valence-corrected chi connectivity index (χ1v) is 9.75. The van der Waals surface area contributed by atoms with Crippen LogP contribution < -0.4 is 10.2 Å². The molecule has 1 atom stereocenters. The van der Waals surface area contributed by atoms with Gasteiger partial charge < -0.3 is 10.2 Å². The van der Waals surface area contributed by atoms with Gasteiger partial charge in [-0.15, -0.1) is 0 Å². The molecule has 26 heavy (non-hydrogen) atoms. The number of hydrogen-bond donors (Lipinski definition) is 1. The summed E-state index contributed by atoms with van der Waals surface area (Å²) < 4.78 is 11.5. The highest BCUT2D eigenvalue weighted by atomic mass is 32.2. The quantitative estimate of drug-likeness (QED) is 0.728. The zero-order chi connectivity index (χ0) is 18.5. The zero-order valence-corrected chi connectivity index (χ0v) is 15.5. The summed E-state index contributed by atoms with van der Waals surface area (Å²) in [5, 5.41) is 2.97. The Hall–Kier alpha value is -2.92. The van der Waals surface area contributed by atoms with Crippen molar-refractivity contribution < 1.29 is 9.00 Å². The number of anilines is 3. The predicted molar refractivity (Wildman–Crippen MR) is 108 cm³/mol. The van der Waals surface area contributed by atoms with Gasteiger partial charge in [-0.25, -0.2) is 0 Å². The van der Waals surface area contributed by atoms with Crippen LogP contribution in [0.5, 0.6) is 0 Å². The molecule has 0 heterocycles. The van der Waals surface area contributed by atoms with E-state index in [1.807, 2.05) is 66.5 Å². The molecule has 132 valence electrons. The van der Waals surface area contributed by atoms with E-state index < -0.39 is 10.8 Å². The van der Waals surface area contributed by atoms with Gasteiger partial charge in [0.05, 0.1) is 11.4 Å². The van der Waals surface area contributed by atoms with Crippen LogP contribution in [-0.2, 0) is 10.8 Å². The third-order valence-electron chi connectivity index (χ3n) is 4.11. The van der Waals surface area contributed by atoms with Crippen molar-refractivity contribution in [3.63, 3.8) is 0 Å². The minimum Gasteiger partial charge on any atom is -0.343 e. The van der Waals surface area contributed by atoms with Crippen molar-refractivity contribution in [1.29, 1.82) is 0 Å². The maximum atomic E-state index is 12.6. The molecule has 1 amide bonds. The van der Waals surface area contributed by atoms with Crippen molar-refractivity contribution in [2.45, 2.75) is 4.90 Å². The van der Waals surface area contributed by atoms with Crippen LogP contribution in [-0.4, -0.2) is 23.4 Å². The van der Waals surface area contributed by atoms with Gasteiger partial charge in [-0.3, -0.25) is 9.00 Å². The van der Waals surface area contributed by atoms with Crippen LogP contribution in [0.25, 0.3) is 0 Å². The molecule has 3 aromatic carbocycles. The first-order valence-electron chi connectivity index (χ1n) is 8.19. The fraction of sp³-hybridized carbons (Fsp3) is 0.0952. The van der Waals surface area contributed by atoms with Gasteiger partial charge in [-0.05, 0) is 48.5 Å². The smallest absolute Gasteiger partial charge is 0.255 e. The van der Waals surface area contributed by atoms with Gasteiger partial charge in [0.2, 0.25) is 0 Å². The third-order valence-corrected chi connectivity index (χ3v) is 5.04. The van der Waals surface area contributed by atoms with Crippen molar-refractivity contribution in [3.8, 4) is 0 Å². The molecule has 3 rings (SSSR count). The Morgan fingerprint density at radius 1 is 0.885 bits per heavy atom. The van der Waals surface area contributed by atoms with E-state index in [-0.39, 0.29) is 5.91 Å². The monoisotopic (exact) mass is 364 g/mol. The number of carbonyl (C=O) groups is 1. The molecule has 0 aliphatic heterocycles. The summed E-state index contributed by atoms with van der Waals surface area (Å²) in [4.78, 5) is 15.3. The summed E-state index contributed by atoms with van der Waals surface area (Å²) in [7, 11) is 0.906. The molecule has 0 saturated carbocycles. The second kappa shape index (κ2) is 7.97. The highest BCUT2D eigenvalue weighted by Gasteiger charge is 2.12. The van der Waals surface area contributed by atoms with Crippen LogP contribution >= 0.6 is 0 Å². The highest BCUT2D eigenvalue weighted by Crippen LogP contribution is 2.30. The Labute approximate surface area is 155 Å². The van der Waals surface area contributed by atoms with E-state index >= 15 is 0 Å². The topological polar surface area (TPSA) is 49.4 Å². The van der Waals surface area contributed by atoms with Gasteiger partial charge >= 0.3 is 0 Å². The number of carbonyl (C=O) groups excluding carboxylic acids is 1. The molecule has 1 N–H and O–H groups in total. The number of nitrogens with zero attached hydrogens (tertiary/aromatic N) is 1. The lowest BCUT2D eigenvalue weighted by Gasteiger charge is -2.22. The SMILES string of the molecule is CN(c1ccccc1)c1ccccc1NC(=O)c1ccc(S(C)=O)cc1. The molecule has 1 unspecified atom stereocenters. The molecular formula is C21H20N2O2S. The Morgan fingerprint density at radius 2 is 1.50 bits per heavy atom.